The van der Waals surface area contributed by atoms with E-state index in [-0.39, 0.29) is 32.1 Å². The summed E-state index contributed by atoms with van der Waals surface area (Å²) in [7, 11) is -15.9. The number of carbonyl (C=O) groups excluding carboxylic acids is 1. The fourth-order valence-corrected chi connectivity index (χ4v) is 49.1. The molecule has 24 nitrogen and oxygen atoms in total. The number of rotatable bonds is 83. The molecule has 3 saturated heterocycles. The maximum atomic E-state index is 10.6. The molecule has 3 heterocycles. The first-order valence-corrected chi connectivity index (χ1v) is 83.3. The van der Waals surface area contributed by atoms with E-state index < -0.39 is 88.6 Å². The van der Waals surface area contributed by atoms with Crippen LogP contribution in [0.3, 0.4) is 0 Å². The molecule has 0 aromatic heterocycles. The lowest BCUT2D eigenvalue weighted by Gasteiger charge is -2.34. The first-order valence-electron chi connectivity index (χ1n) is 58.8. The van der Waals surface area contributed by atoms with Crippen molar-refractivity contribution in [1.82, 2.24) is 0 Å². The average Bonchev–Trinajstić information content (AvgIpc) is 1.69. The van der Waals surface area contributed by atoms with Crippen LogP contribution < -0.4 is 5.73 Å². The Labute approximate surface area is 943 Å². The molecule has 0 saturated carbocycles. The highest BCUT2D eigenvalue weighted by atomic mass is 35.5. The fraction of sp³-hybridized carbons (Fsp3) is 0.905. The van der Waals surface area contributed by atoms with Gasteiger partial charge in [-0.15, -0.1) is 13.2 Å². The summed E-state index contributed by atoms with van der Waals surface area (Å²) < 4.78 is 104. The van der Waals surface area contributed by atoms with Crippen LogP contribution in [-0.2, 0) is 85.5 Å². The van der Waals surface area contributed by atoms with Crippen LogP contribution in [0.15, 0.2) is 49.1 Å². The minimum absolute atomic E-state index is 0. The van der Waals surface area contributed by atoms with E-state index in [2.05, 4.69) is 194 Å². The van der Waals surface area contributed by atoms with Gasteiger partial charge in [-0.25, -0.2) is 4.79 Å². The van der Waals surface area contributed by atoms with Gasteiger partial charge in [0.15, 0.2) is 50.6 Å². The molecule has 5 atom stereocenters. The second-order valence-electron chi connectivity index (χ2n) is 46.7. The number of nitrogens with two attached hydrogens (primary N) is 1. The Hall–Kier alpha value is -0.468. The molecule has 0 aliphatic carbocycles. The Morgan fingerprint density at radius 2 is 0.820 bits per heavy atom. The van der Waals surface area contributed by atoms with Gasteiger partial charge < -0.3 is 96.5 Å². The molecule has 5 N–H and O–H groups in total. The largest absolute Gasteiger partial charge is 0.500 e. The second kappa shape index (κ2) is 98.1. The highest BCUT2D eigenvalue weighted by Crippen LogP contribution is 2.34. The van der Waals surface area contributed by atoms with Crippen molar-refractivity contribution in [2.24, 2.45) is 41.2 Å². The average molecular weight is 2320 g/mol. The molecule has 0 spiro atoms. The Kier molecular flexibility index (Phi) is 106. The summed E-state index contributed by atoms with van der Waals surface area (Å²) in [5.74, 6) is 3.96. The predicted molar refractivity (Wildman–Crippen MR) is 663 cm³/mol. The van der Waals surface area contributed by atoms with Crippen molar-refractivity contribution in [3.63, 3.8) is 0 Å². The van der Waals surface area contributed by atoms with Crippen LogP contribution in [0.5, 0.6) is 0 Å². The minimum atomic E-state index is -2.52. The molecule has 150 heavy (non-hydrogen) atoms. The number of allylic oxidation sites excluding steroid dienone is 2. The van der Waals surface area contributed by atoms with Crippen LogP contribution in [0.2, 0.25) is 132 Å². The summed E-state index contributed by atoms with van der Waals surface area (Å²) in [6, 6.07) is 14.9. The normalized spacial score (nSPS) is 15.6. The third-order valence-electron chi connectivity index (χ3n) is 24.5. The summed E-state index contributed by atoms with van der Waals surface area (Å²) in [4.78, 5) is 14.1. The van der Waals surface area contributed by atoms with Crippen molar-refractivity contribution in [2.45, 2.75) is 524 Å². The summed E-state index contributed by atoms with van der Waals surface area (Å²) in [5, 5.41) is 29.1. The van der Waals surface area contributed by atoms with Gasteiger partial charge in [-0.3, -0.25) is 4.89 Å². The summed E-state index contributed by atoms with van der Waals surface area (Å²) in [6.07, 6.45) is 35.5. The minimum Gasteiger partial charge on any atom is -0.458 e. The molecule has 0 amide bonds. The lowest BCUT2D eigenvalue weighted by atomic mass is 9.90. The molecular formula is C116H252ClNO23Si9. The van der Waals surface area contributed by atoms with E-state index in [1.807, 2.05) is 75.3 Å². The topological polar surface area (TPSA) is 289 Å². The SMILES string of the molecule is C.C.C=C(C)CCC(C)C.C=CCCC(C)C.CC(C)CCC1(C)CO1.CC(C)CCCC[Si](C)(C)O[Si](C)(C)CCCOCC1CO1.CCO[Si](CCCCCCC(C)(O)CCC(C)C)(OCC)OCC.CCO[Si](CCCCCCC(O)COCCC[Si](C)(C)O[Si](C)(C)CCCCC(C)C)(OCC)OCC.CCO[Si](CCCCN)(OCC)OCC.C[SiH](C)O[Si](C)(C)CCCOCC1CO1.O=C(OO)c1cccc(Cl)c1. The van der Waals surface area contributed by atoms with Crippen molar-refractivity contribution in [1.29, 1.82) is 0 Å². The first kappa shape index (κ1) is 162. The van der Waals surface area contributed by atoms with Gasteiger partial charge in [-0.1, -0.05) is 204 Å². The number of carbonyl (C=O) groups is 1. The van der Waals surface area contributed by atoms with Gasteiger partial charge in [0.25, 0.3) is 0 Å². The Bertz CT molecular complexity index is 3110. The smallest absolute Gasteiger partial charge is 0.458 e. The van der Waals surface area contributed by atoms with Crippen LogP contribution in [0.25, 0.3) is 0 Å². The quantitative estimate of drug-likeness (QED) is 0.0118. The van der Waals surface area contributed by atoms with E-state index in [0.29, 0.717) is 95.8 Å². The molecule has 3 aliphatic heterocycles. The van der Waals surface area contributed by atoms with Crippen molar-refractivity contribution >= 4 is 94.6 Å². The fourth-order valence-electron chi connectivity index (χ4n) is 16.5. The van der Waals surface area contributed by atoms with Crippen molar-refractivity contribution in [2.75, 3.05) is 125 Å². The lowest BCUT2D eigenvalue weighted by Crippen LogP contribution is -2.45. The number of hydrogen-bond acceptors (Lipinski definition) is 24. The Morgan fingerprint density at radius 1 is 0.487 bits per heavy atom. The van der Waals surface area contributed by atoms with E-state index in [9.17, 15) is 15.0 Å². The highest BCUT2D eigenvalue weighted by Gasteiger charge is 2.43. The third-order valence-corrected chi connectivity index (χ3v) is 55.3. The zero-order valence-electron chi connectivity index (χ0n) is 103. The second-order valence-corrected chi connectivity index (χ2v) is 80.1. The lowest BCUT2D eigenvalue weighted by molar-refractivity contribution is -0.182. The molecule has 34 heteroatoms. The van der Waals surface area contributed by atoms with Crippen LogP contribution in [0.1, 0.15) is 378 Å². The number of unbranched alkanes of at least 4 members (excludes halogenated alkanes) is 9. The first-order chi connectivity index (χ1) is 69.4. The third kappa shape index (κ3) is 109. The molecule has 0 bridgehead atoms. The number of benzene rings is 1. The zero-order chi connectivity index (χ0) is 114. The van der Waals surface area contributed by atoms with Gasteiger partial charge in [0.1, 0.15) is 12.2 Å². The van der Waals surface area contributed by atoms with Crippen LogP contribution in [-0.4, -0.2) is 253 Å². The number of aliphatic hydroxyl groups excluding tert-OH is 1. The number of aliphatic hydroxyl groups is 2. The van der Waals surface area contributed by atoms with Gasteiger partial charge in [0, 0.05) is 102 Å². The maximum Gasteiger partial charge on any atom is 0.500 e. The Balaban J connectivity index is -0.000000321. The number of ether oxygens (including phenoxy) is 6. The standard InChI is InChI=1S/C28H64O6Si3.C19H42O4Si.C17H38O3Si2.C10H25NO3Si.C10H24O3Si2.C8H16O.C8H16.C7H5ClO3.C7H14.2CH4/c1-10-31-37(32-11-2,33-12-3)25-17-14-13-15-21-28(29)26-30-22-19-24-36(8,9)34-35(6,7)23-18-16-20-27(4)5;1-7-21-24(22-8-2,23-9-3)17-13-11-10-12-15-19(6,20)16-14-18(4)5;1-16(2)10-7-8-12-21(3,4)20-22(5,6)13-9-11-18-14-17-15-19-17;1-4-12-15(13-5-2,14-6-3)10-8-7-9-11;1-14(2)13-15(3,4)7-5-6-11-8-10-9-12-10;1-7(2)4-5-8(3)6-9-8;1-7(2)5-6-8(3)4;8-6-3-1-2-5(4-6)7(9)11-10;1-4-5-6-7(2)3;;/h27-29H,10-26H2,1-9H3;18,20H,7-17H2,1-6H3;16-17H,7-15H2,1-6H3;4-11H2,1-3H3;10,14H,5-9H2,1-4H3;7H,4-6H2,1-3H3;8H,1,5-6H2,2-4H3;1-4,10H;4,7H,1,5-6H2,2-3H3;2*1H4. The molecule has 4 rings (SSSR count). The summed E-state index contributed by atoms with van der Waals surface area (Å²) in [5.41, 5.74) is 6.77. The van der Waals surface area contributed by atoms with Crippen LogP contribution in [0, 0.1) is 35.5 Å². The van der Waals surface area contributed by atoms with Gasteiger partial charge in [-0.05, 0) is 361 Å². The van der Waals surface area contributed by atoms with E-state index in [1.165, 1.54) is 113 Å². The van der Waals surface area contributed by atoms with Crippen molar-refractivity contribution in [3.8, 4) is 0 Å². The number of epoxide rings is 3. The Morgan fingerprint density at radius 3 is 1.13 bits per heavy atom. The molecule has 5 unspecified atom stereocenters. The molecule has 0 radical (unpaired) electrons. The molecule has 3 aliphatic rings. The molecule has 1 aromatic carbocycles. The number of hydrogen-bond donors (Lipinski definition) is 4. The van der Waals surface area contributed by atoms with Gasteiger partial charge in [0.2, 0.25) is 0 Å². The van der Waals surface area contributed by atoms with Gasteiger partial charge in [-0.2, -0.15) is 5.26 Å². The van der Waals surface area contributed by atoms with Crippen molar-refractivity contribution in [3.05, 3.63) is 59.7 Å². The van der Waals surface area contributed by atoms with Gasteiger partial charge >= 0.3 is 32.4 Å². The molecule has 902 valence electrons. The molecule has 3 fully saturated rings. The zero-order valence-corrected chi connectivity index (χ0v) is 113. The van der Waals surface area contributed by atoms with Crippen molar-refractivity contribution < 1.29 is 106 Å². The summed E-state index contributed by atoms with van der Waals surface area (Å²) >= 11 is 5.56. The van der Waals surface area contributed by atoms with E-state index in [1.54, 1.807) is 12.1 Å². The molecular weight excluding hydrogens is 2060 g/mol. The van der Waals surface area contributed by atoms with Crippen LogP contribution >= 0.6 is 11.6 Å². The monoisotopic (exact) mass is 2310 g/mol. The maximum absolute atomic E-state index is 10.6. The van der Waals surface area contributed by atoms with E-state index >= 15 is 0 Å². The molecule has 1 aromatic rings. The predicted octanol–water partition coefficient (Wildman–Crippen LogP) is 33.1. The highest BCUT2D eigenvalue weighted by molar-refractivity contribution is 6.85. The van der Waals surface area contributed by atoms with Gasteiger partial charge in [0.05, 0.1) is 62.5 Å². The van der Waals surface area contributed by atoms with E-state index in [4.69, 9.17) is 103 Å². The number of halogens is 1. The van der Waals surface area contributed by atoms with Crippen LogP contribution in [0.4, 0.5) is 0 Å². The van der Waals surface area contributed by atoms with E-state index in [0.717, 1.165) is 222 Å². The summed E-state index contributed by atoms with van der Waals surface area (Å²) in [6.45, 7) is 101.